The number of aromatic hydroxyl groups is 2. The fourth-order valence-corrected chi connectivity index (χ4v) is 4.24. The second kappa shape index (κ2) is 8.36. The Kier molecular flexibility index (Phi) is 5.50. The molecule has 0 saturated heterocycles. The normalized spacial score (nSPS) is 13.1. The first kappa shape index (κ1) is 24.4. The van der Waals surface area contributed by atoms with Crippen molar-refractivity contribution in [3.8, 4) is 45.3 Å². The molecule has 1 aliphatic heterocycles. The maximum absolute atomic E-state index is 13.3. The Morgan fingerprint density at radius 2 is 0.919 bits per heavy atom. The minimum Gasteiger partial charge on any atom is -0.507 e. The number of phenolic OH excluding ortho intramolecular Hbond substituents is 2. The third kappa shape index (κ3) is 4.39. The molecule has 0 saturated carbocycles. The molecule has 37 heavy (non-hydrogen) atoms. The van der Waals surface area contributed by atoms with Crippen LogP contribution < -0.4 is 9.64 Å². The summed E-state index contributed by atoms with van der Waals surface area (Å²) in [7, 11) is 1.75. The van der Waals surface area contributed by atoms with Gasteiger partial charge in [0.2, 0.25) is 0 Å². The highest BCUT2D eigenvalue weighted by atomic mass is 19.4. The number of alkyl halides is 6. The van der Waals surface area contributed by atoms with Gasteiger partial charge in [0.15, 0.2) is 11.5 Å². The highest BCUT2D eigenvalue weighted by molar-refractivity contribution is 5.83. The molecule has 4 nitrogen and oxygen atoms in total. The SMILES string of the molecule is CN1c2ccc(-c3ccc(O)c(C(F)(F)F)c3)cc2Oc2cc(-c3ccc(O)c(C(F)(F)F)c3)ccc21. The first-order chi connectivity index (χ1) is 17.3. The number of rotatable bonds is 2. The van der Waals surface area contributed by atoms with Crippen molar-refractivity contribution in [2.24, 2.45) is 0 Å². The molecular weight excluding hydrogens is 500 g/mol. The highest BCUT2D eigenvalue weighted by Gasteiger charge is 2.35. The van der Waals surface area contributed by atoms with Gasteiger partial charge in [-0.1, -0.05) is 24.3 Å². The maximum Gasteiger partial charge on any atom is 0.419 e. The van der Waals surface area contributed by atoms with E-state index in [0.717, 1.165) is 24.3 Å². The van der Waals surface area contributed by atoms with Gasteiger partial charge in [-0.15, -0.1) is 0 Å². The number of fused-ring (bicyclic) bond motifs is 2. The predicted molar refractivity (Wildman–Crippen MR) is 125 cm³/mol. The summed E-state index contributed by atoms with van der Waals surface area (Å²) in [6, 6.07) is 16.1. The van der Waals surface area contributed by atoms with E-state index >= 15 is 0 Å². The second-order valence-corrected chi connectivity index (χ2v) is 8.49. The van der Waals surface area contributed by atoms with Crippen molar-refractivity contribution in [2.75, 3.05) is 11.9 Å². The number of nitrogens with zero attached hydrogens (tertiary/aromatic N) is 1. The lowest BCUT2D eigenvalue weighted by Crippen LogP contribution is -2.15. The van der Waals surface area contributed by atoms with Crippen LogP contribution in [0.25, 0.3) is 22.3 Å². The van der Waals surface area contributed by atoms with E-state index in [1.54, 1.807) is 48.3 Å². The minimum absolute atomic E-state index is 0.211. The lowest BCUT2D eigenvalue weighted by Gasteiger charge is -2.30. The van der Waals surface area contributed by atoms with Gasteiger partial charge in [0, 0.05) is 7.05 Å². The van der Waals surface area contributed by atoms with Gasteiger partial charge < -0.3 is 19.8 Å². The molecular formula is C27H17F6NO3. The van der Waals surface area contributed by atoms with E-state index in [9.17, 15) is 36.6 Å². The lowest BCUT2D eigenvalue weighted by molar-refractivity contribution is -0.139. The predicted octanol–water partition coefficient (Wildman–Crippen LogP) is 8.34. The topological polar surface area (TPSA) is 52.9 Å². The van der Waals surface area contributed by atoms with Crippen LogP contribution in [-0.2, 0) is 12.4 Å². The molecule has 0 fully saturated rings. The fourth-order valence-electron chi connectivity index (χ4n) is 4.24. The van der Waals surface area contributed by atoms with Crippen molar-refractivity contribution >= 4 is 11.4 Å². The van der Waals surface area contributed by atoms with Gasteiger partial charge in [0.25, 0.3) is 0 Å². The van der Waals surface area contributed by atoms with E-state index in [0.29, 0.717) is 34.0 Å². The second-order valence-electron chi connectivity index (χ2n) is 8.49. The quantitative estimate of drug-likeness (QED) is 0.263. The third-order valence-electron chi connectivity index (χ3n) is 6.13. The van der Waals surface area contributed by atoms with Gasteiger partial charge in [-0.05, 0) is 70.8 Å². The number of benzene rings is 4. The molecule has 0 unspecified atom stereocenters. The summed E-state index contributed by atoms with van der Waals surface area (Å²) in [5, 5.41) is 19.2. The Labute approximate surface area is 206 Å². The number of phenols is 2. The summed E-state index contributed by atoms with van der Waals surface area (Å²) in [5.41, 5.74) is 0.164. The zero-order valence-electron chi connectivity index (χ0n) is 18.9. The van der Waals surface area contributed by atoms with Crippen molar-refractivity contribution in [2.45, 2.75) is 12.4 Å². The number of halogens is 6. The smallest absolute Gasteiger partial charge is 0.419 e. The summed E-state index contributed by atoms with van der Waals surface area (Å²) in [5.74, 6) is -1.11. The Morgan fingerprint density at radius 3 is 1.30 bits per heavy atom. The molecule has 0 bridgehead atoms. The van der Waals surface area contributed by atoms with Gasteiger partial charge in [-0.3, -0.25) is 0 Å². The molecule has 2 N–H and O–H groups in total. The number of hydrogen-bond acceptors (Lipinski definition) is 4. The molecule has 1 aliphatic rings. The molecule has 0 aromatic heterocycles. The fraction of sp³-hybridized carbons (Fsp3) is 0.111. The van der Waals surface area contributed by atoms with Crippen LogP contribution in [0.3, 0.4) is 0 Å². The number of hydrogen-bond donors (Lipinski definition) is 2. The van der Waals surface area contributed by atoms with Crippen molar-refractivity contribution in [3.05, 3.63) is 83.9 Å². The molecule has 190 valence electrons. The first-order valence-electron chi connectivity index (χ1n) is 10.8. The van der Waals surface area contributed by atoms with Crippen LogP contribution in [0, 0.1) is 0 Å². The molecule has 4 aromatic carbocycles. The van der Waals surface area contributed by atoms with E-state index in [-0.39, 0.29) is 11.1 Å². The average Bonchev–Trinajstić information content (AvgIpc) is 2.82. The Hall–Kier alpha value is -4.34. The largest absolute Gasteiger partial charge is 0.507 e. The molecule has 10 heteroatoms. The minimum atomic E-state index is -4.74. The van der Waals surface area contributed by atoms with Gasteiger partial charge in [-0.25, -0.2) is 0 Å². The van der Waals surface area contributed by atoms with E-state index in [1.165, 1.54) is 12.1 Å². The average molecular weight is 517 g/mol. The molecule has 0 radical (unpaired) electrons. The lowest BCUT2D eigenvalue weighted by atomic mass is 9.99. The van der Waals surface area contributed by atoms with E-state index in [2.05, 4.69) is 0 Å². The molecule has 0 spiro atoms. The van der Waals surface area contributed by atoms with Gasteiger partial charge >= 0.3 is 12.4 Å². The van der Waals surface area contributed by atoms with Crippen molar-refractivity contribution in [1.29, 1.82) is 0 Å². The molecule has 1 heterocycles. The van der Waals surface area contributed by atoms with Crippen LogP contribution in [-0.4, -0.2) is 17.3 Å². The van der Waals surface area contributed by atoms with Crippen LogP contribution >= 0.6 is 0 Å². The number of ether oxygens (including phenoxy) is 1. The number of anilines is 2. The summed E-state index contributed by atoms with van der Waals surface area (Å²) < 4.78 is 85.6. The zero-order valence-corrected chi connectivity index (χ0v) is 18.9. The highest BCUT2D eigenvalue weighted by Crippen LogP contribution is 2.49. The first-order valence-corrected chi connectivity index (χ1v) is 10.8. The molecule has 4 aromatic rings. The van der Waals surface area contributed by atoms with Gasteiger partial charge in [-0.2, -0.15) is 26.3 Å². The third-order valence-corrected chi connectivity index (χ3v) is 6.13. The van der Waals surface area contributed by atoms with Crippen LogP contribution in [0.5, 0.6) is 23.0 Å². The standard InChI is InChI=1S/C27H17F6NO3/c1-34-20-6-2-16(14-4-8-22(35)18(10-14)26(28,29)30)12-24(20)37-25-13-17(3-7-21(25)34)15-5-9-23(36)19(11-15)27(31,32)33/h2-13,35-36H,1H3. The van der Waals surface area contributed by atoms with Crippen molar-refractivity contribution in [1.82, 2.24) is 0 Å². The van der Waals surface area contributed by atoms with E-state index in [1.807, 2.05) is 0 Å². The summed E-state index contributed by atoms with van der Waals surface area (Å²) in [4.78, 5) is 1.79. The van der Waals surface area contributed by atoms with Crippen LogP contribution in [0.4, 0.5) is 37.7 Å². The molecule has 0 amide bonds. The van der Waals surface area contributed by atoms with Gasteiger partial charge in [0.1, 0.15) is 11.5 Å². The zero-order chi connectivity index (χ0) is 26.7. The Morgan fingerprint density at radius 1 is 0.568 bits per heavy atom. The molecule has 5 rings (SSSR count). The van der Waals surface area contributed by atoms with Crippen LogP contribution in [0.1, 0.15) is 11.1 Å². The maximum atomic E-state index is 13.3. The Bertz CT molecular complexity index is 1420. The van der Waals surface area contributed by atoms with Crippen LogP contribution in [0.15, 0.2) is 72.8 Å². The summed E-state index contributed by atoms with van der Waals surface area (Å²) in [6.45, 7) is 0. The monoisotopic (exact) mass is 517 g/mol. The summed E-state index contributed by atoms with van der Waals surface area (Å²) in [6.07, 6.45) is -9.47. The van der Waals surface area contributed by atoms with Crippen molar-refractivity contribution in [3.63, 3.8) is 0 Å². The van der Waals surface area contributed by atoms with E-state index in [4.69, 9.17) is 4.74 Å². The molecule has 0 atom stereocenters. The summed E-state index contributed by atoms with van der Waals surface area (Å²) >= 11 is 0. The van der Waals surface area contributed by atoms with Gasteiger partial charge in [0.05, 0.1) is 22.5 Å². The van der Waals surface area contributed by atoms with Crippen molar-refractivity contribution < 1.29 is 41.3 Å². The Balaban J connectivity index is 1.53. The van der Waals surface area contributed by atoms with E-state index < -0.39 is 35.0 Å². The molecule has 0 aliphatic carbocycles. The van der Waals surface area contributed by atoms with Crippen LogP contribution in [0.2, 0.25) is 0 Å².